The van der Waals surface area contributed by atoms with E-state index in [9.17, 15) is 9.90 Å². The Morgan fingerprint density at radius 1 is 1.29 bits per heavy atom. The third-order valence-electron chi connectivity index (χ3n) is 2.67. The van der Waals surface area contributed by atoms with Gasteiger partial charge in [-0.15, -0.1) is 0 Å². The molecule has 0 aliphatic heterocycles. The molecule has 0 bridgehead atoms. The summed E-state index contributed by atoms with van der Waals surface area (Å²) in [6, 6.07) is 0.191. The zero-order chi connectivity index (χ0) is 13.5. The van der Waals surface area contributed by atoms with E-state index >= 15 is 0 Å². The molecule has 0 saturated carbocycles. The second-order valence-electron chi connectivity index (χ2n) is 5.48. The van der Waals surface area contributed by atoms with Crippen molar-refractivity contribution in [2.75, 3.05) is 11.5 Å². The number of thioether (sulfide) groups is 1. The standard InChI is InChI=1S/C13H27NO2S/c1-10(2)6-8-17-9-7-13(5,12(15)16)14-11(3)4/h10-11,14H,6-9H2,1-5H3,(H,15,16). The number of hydrogen-bond donors (Lipinski definition) is 2. The van der Waals surface area contributed by atoms with Crippen LogP contribution in [0.2, 0.25) is 0 Å². The van der Waals surface area contributed by atoms with Crippen LogP contribution in [0, 0.1) is 5.92 Å². The maximum absolute atomic E-state index is 11.3. The minimum atomic E-state index is -0.793. The SMILES string of the molecule is CC(C)CCSCCC(C)(NC(C)C)C(=O)O. The molecule has 4 heteroatoms. The van der Waals surface area contributed by atoms with Crippen molar-refractivity contribution in [1.82, 2.24) is 5.32 Å². The summed E-state index contributed by atoms with van der Waals surface area (Å²) in [5.74, 6) is 1.99. The maximum Gasteiger partial charge on any atom is 0.323 e. The molecule has 17 heavy (non-hydrogen) atoms. The summed E-state index contributed by atoms with van der Waals surface area (Å²) in [5, 5.41) is 12.4. The van der Waals surface area contributed by atoms with Gasteiger partial charge in [0.1, 0.15) is 5.54 Å². The molecule has 2 N–H and O–H groups in total. The fraction of sp³-hybridized carbons (Fsp3) is 0.923. The van der Waals surface area contributed by atoms with Gasteiger partial charge >= 0.3 is 5.97 Å². The number of carboxylic acids is 1. The quantitative estimate of drug-likeness (QED) is 0.626. The van der Waals surface area contributed by atoms with Gasteiger partial charge in [0.2, 0.25) is 0 Å². The summed E-state index contributed by atoms with van der Waals surface area (Å²) in [6.45, 7) is 10.2. The van der Waals surface area contributed by atoms with Gasteiger partial charge in [-0.25, -0.2) is 0 Å². The molecule has 0 fully saturated rings. The Kier molecular flexibility index (Phi) is 7.88. The fourth-order valence-corrected chi connectivity index (χ4v) is 2.97. The first-order valence-electron chi connectivity index (χ1n) is 6.36. The lowest BCUT2D eigenvalue weighted by Gasteiger charge is -2.28. The Morgan fingerprint density at radius 2 is 1.88 bits per heavy atom. The van der Waals surface area contributed by atoms with Crippen LogP contribution in [-0.4, -0.2) is 34.2 Å². The Bertz CT molecular complexity index is 231. The van der Waals surface area contributed by atoms with Crippen molar-refractivity contribution in [2.45, 2.75) is 59.0 Å². The molecule has 0 aromatic rings. The van der Waals surface area contributed by atoms with Gasteiger partial charge in [0.05, 0.1) is 0 Å². The summed E-state index contributed by atoms with van der Waals surface area (Å²) in [6.07, 6.45) is 1.87. The molecular weight excluding hydrogens is 234 g/mol. The molecule has 102 valence electrons. The first-order chi connectivity index (χ1) is 7.78. The van der Waals surface area contributed by atoms with Crippen LogP contribution in [0.1, 0.15) is 47.5 Å². The zero-order valence-corrected chi connectivity index (χ0v) is 12.6. The minimum Gasteiger partial charge on any atom is -0.480 e. The predicted octanol–water partition coefficient (Wildman–Crippen LogP) is 3.00. The van der Waals surface area contributed by atoms with Crippen molar-refractivity contribution in [3.8, 4) is 0 Å². The van der Waals surface area contributed by atoms with Crippen LogP contribution < -0.4 is 5.32 Å². The van der Waals surface area contributed by atoms with Crippen LogP contribution in [0.15, 0.2) is 0 Å². The maximum atomic E-state index is 11.3. The van der Waals surface area contributed by atoms with Crippen molar-refractivity contribution < 1.29 is 9.90 Å². The second kappa shape index (κ2) is 7.98. The number of hydrogen-bond acceptors (Lipinski definition) is 3. The average molecular weight is 261 g/mol. The Hall–Kier alpha value is -0.220. The molecule has 0 saturated heterocycles. The Balaban J connectivity index is 3.97. The first kappa shape index (κ1) is 16.8. The van der Waals surface area contributed by atoms with Crippen LogP contribution in [-0.2, 0) is 4.79 Å². The number of nitrogens with one attached hydrogen (secondary N) is 1. The highest BCUT2D eigenvalue weighted by Gasteiger charge is 2.32. The van der Waals surface area contributed by atoms with Crippen molar-refractivity contribution in [1.29, 1.82) is 0 Å². The molecule has 0 rings (SSSR count). The van der Waals surface area contributed by atoms with Crippen molar-refractivity contribution >= 4 is 17.7 Å². The number of aliphatic carboxylic acids is 1. The highest BCUT2D eigenvalue weighted by molar-refractivity contribution is 7.99. The topological polar surface area (TPSA) is 49.3 Å². The van der Waals surface area contributed by atoms with E-state index in [1.54, 1.807) is 6.92 Å². The molecule has 0 amide bonds. The third-order valence-corrected chi connectivity index (χ3v) is 3.68. The van der Waals surface area contributed by atoms with Crippen LogP contribution in [0.5, 0.6) is 0 Å². The van der Waals surface area contributed by atoms with Gasteiger partial charge in [-0.05, 0) is 51.0 Å². The lowest BCUT2D eigenvalue weighted by molar-refractivity contribution is -0.144. The molecular formula is C13H27NO2S. The van der Waals surface area contributed by atoms with Gasteiger partial charge in [-0.2, -0.15) is 11.8 Å². The highest BCUT2D eigenvalue weighted by Crippen LogP contribution is 2.17. The molecule has 0 aliphatic carbocycles. The van der Waals surface area contributed by atoms with E-state index < -0.39 is 11.5 Å². The van der Waals surface area contributed by atoms with E-state index in [4.69, 9.17) is 0 Å². The monoisotopic (exact) mass is 261 g/mol. The van der Waals surface area contributed by atoms with Crippen LogP contribution in [0.25, 0.3) is 0 Å². The van der Waals surface area contributed by atoms with E-state index in [0.717, 1.165) is 17.4 Å². The lowest BCUT2D eigenvalue weighted by atomic mass is 9.98. The summed E-state index contributed by atoms with van der Waals surface area (Å²) in [7, 11) is 0. The Morgan fingerprint density at radius 3 is 2.29 bits per heavy atom. The third kappa shape index (κ3) is 7.66. The van der Waals surface area contributed by atoms with E-state index in [-0.39, 0.29) is 6.04 Å². The summed E-state index contributed by atoms with van der Waals surface area (Å²) in [4.78, 5) is 11.3. The summed E-state index contributed by atoms with van der Waals surface area (Å²) >= 11 is 1.85. The number of carboxylic acid groups (broad SMARTS) is 1. The van der Waals surface area contributed by atoms with Gasteiger partial charge in [0, 0.05) is 6.04 Å². The second-order valence-corrected chi connectivity index (χ2v) is 6.71. The van der Waals surface area contributed by atoms with Gasteiger partial charge in [-0.3, -0.25) is 10.1 Å². The molecule has 0 aliphatic rings. The first-order valence-corrected chi connectivity index (χ1v) is 7.52. The summed E-state index contributed by atoms with van der Waals surface area (Å²) < 4.78 is 0. The summed E-state index contributed by atoms with van der Waals surface area (Å²) in [5.41, 5.74) is -0.793. The highest BCUT2D eigenvalue weighted by atomic mass is 32.2. The zero-order valence-electron chi connectivity index (χ0n) is 11.7. The largest absolute Gasteiger partial charge is 0.480 e. The van der Waals surface area contributed by atoms with Gasteiger partial charge in [0.25, 0.3) is 0 Å². The molecule has 0 heterocycles. The van der Waals surface area contributed by atoms with Crippen LogP contribution >= 0.6 is 11.8 Å². The Labute approximate surface area is 110 Å². The molecule has 1 unspecified atom stereocenters. The number of rotatable bonds is 9. The molecule has 0 aromatic heterocycles. The van der Waals surface area contributed by atoms with Gasteiger partial charge in [0.15, 0.2) is 0 Å². The average Bonchev–Trinajstić information content (AvgIpc) is 2.15. The van der Waals surface area contributed by atoms with Gasteiger partial charge in [-0.1, -0.05) is 13.8 Å². The molecule has 1 atom stereocenters. The van der Waals surface area contributed by atoms with E-state index in [0.29, 0.717) is 6.42 Å². The smallest absolute Gasteiger partial charge is 0.323 e. The fourth-order valence-electron chi connectivity index (χ4n) is 1.58. The normalized spacial score (nSPS) is 15.2. The lowest BCUT2D eigenvalue weighted by Crippen LogP contribution is -2.52. The molecule has 0 spiro atoms. The minimum absolute atomic E-state index is 0.191. The number of carbonyl (C=O) groups is 1. The van der Waals surface area contributed by atoms with Crippen molar-refractivity contribution in [3.05, 3.63) is 0 Å². The van der Waals surface area contributed by atoms with E-state index in [2.05, 4.69) is 19.2 Å². The predicted molar refractivity (Wildman–Crippen MR) is 75.7 cm³/mol. The van der Waals surface area contributed by atoms with Crippen molar-refractivity contribution in [3.63, 3.8) is 0 Å². The molecule has 3 nitrogen and oxygen atoms in total. The van der Waals surface area contributed by atoms with Crippen LogP contribution in [0.3, 0.4) is 0 Å². The van der Waals surface area contributed by atoms with Crippen LogP contribution in [0.4, 0.5) is 0 Å². The van der Waals surface area contributed by atoms with E-state index in [1.807, 2.05) is 25.6 Å². The van der Waals surface area contributed by atoms with Gasteiger partial charge < -0.3 is 5.11 Å². The van der Waals surface area contributed by atoms with E-state index in [1.165, 1.54) is 6.42 Å². The molecule has 0 radical (unpaired) electrons. The molecule has 0 aromatic carbocycles. The van der Waals surface area contributed by atoms with Crippen molar-refractivity contribution in [2.24, 2.45) is 5.92 Å².